The number of hydroxylamine groups is 1. The topological polar surface area (TPSA) is 120 Å². The minimum atomic E-state index is -0.575. The lowest BCUT2D eigenvalue weighted by Crippen LogP contribution is -2.21. The molecule has 1 aromatic carbocycles. The molecule has 10 nitrogen and oxygen atoms in total. The van der Waals surface area contributed by atoms with Gasteiger partial charge in [-0.25, -0.2) is 19.9 Å². The summed E-state index contributed by atoms with van der Waals surface area (Å²) in [6, 6.07) is 9.08. The Kier molecular flexibility index (Phi) is 6.32. The maximum absolute atomic E-state index is 12.2. The summed E-state index contributed by atoms with van der Waals surface area (Å²) in [5.74, 6) is -0.360. The fourth-order valence-corrected chi connectivity index (χ4v) is 5.54. The quantitative estimate of drug-likeness (QED) is 0.351. The third-order valence-electron chi connectivity index (χ3n) is 5.47. The van der Waals surface area contributed by atoms with Crippen LogP contribution in [0.4, 0.5) is 9.93 Å². The Morgan fingerprint density at radius 2 is 2.06 bits per heavy atom. The van der Waals surface area contributed by atoms with Crippen molar-refractivity contribution in [2.75, 3.05) is 19.5 Å². The Hall–Kier alpha value is -3.61. The van der Waals surface area contributed by atoms with Crippen molar-refractivity contribution in [1.29, 1.82) is 0 Å². The third kappa shape index (κ3) is 4.31. The smallest absolute Gasteiger partial charge is 0.413 e. The van der Waals surface area contributed by atoms with E-state index in [1.807, 2.05) is 22.9 Å². The highest BCUT2D eigenvalue weighted by Gasteiger charge is 2.30. The van der Waals surface area contributed by atoms with E-state index in [0.717, 1.165) is 45.2 Å². The van der Waals surface area contributed by atoms with E-state index in [2.05, 4.69) is 36.7 Å². The van der Waals surface area contributed by atoms with Crippen LogP contribution in [0.5, 0.6) is 0 Å². The van der Waals surface area contributed by atoms with Gasteiger partial charge in [0.15, 0.2) is 5.13 Å². The normalized spacial score (nSPS) is 12.0. The number of aromatic nitrogens is 4. The van der Waals surface area contributed by atoms with Gasteiger partial charge in [-0.15, -0.1) is 0 Å². The molecule has 0 fully saturated rings. The predicted molar refractivity (Wildman–Crippen MR) is 134 cm³/mol. The SMILES string of the molecule is CONC(=O)c1ccc(-n2nc(-c3cccnc3)c3c2-c2sc(NC(=O)OC)nc2CC3)c(Br)c1. The largest absolute Gasteiger partial charge is 0.453 e. The van der Waals surface area contributed by atoms with Gasteiger partial charge >= 0.3 is 6.09 Å². The summed E-state index contributed by atoms with van der Waals surface area (Å²) in [6.07, 6.45) is 4.36. The molecule has 178 valence electrons. The van der Waals surface area contributed by atoms with Crippen molar-refractivity contribution < 1.29 is 19.2 Å². The third-order valence-corrected chi connectivity index (χ3v) is 7.12. The first-order valence-corrected chi connectivity index (χ1v) is 12.1. The summed E-state index contributed by atoms with van der Waals surface area (Å²) in [7, 11) is 2.69. The van der Waals surface area contributed by atoms with Crippen LogP contribution in [0.25, 0.3) is 27.5 Å². The fraction of sp³-hybridized carbons (Fsp3) is 0.174. The molecule has 0 atom stereocenters. The van der Waals surface area contributed by atoms with Gasteiger partial charge in [-0.1, -0.05) is 11.3 Å². The van der Waals surface area contributed by atoms with Crippen LogP contribution in [0.3, 0.4) is 0 Å². The molecule has 0 radical (unpaired) electrons. The number of anilines is 1. The molecule has 12 heteroatoms. The number of benzene rings is 1. The zero-order valence-corrected chi connectivity index (χ0v) is 21.1. The standard InChI is InChI=1S/C23H19BrN6O4S/c1-33-23(32)27-22-26-16-7-6-14-18(13-4-3-9-25-11-13)28-30(19(14)20(16)35-22)17-8-5-12(10-15(17)24)21(31)29-34-2/h3-5,8-11H,6-7H2,1-2H3,(H,29,31)(H,26,27,32). The van der Waals surface area contributed by atoms with Crippen molar-refractivity contribution >= 4 is 44.4 Å². The second-order valence-electron chi connectivity index (χ2n) is 7.54. The second kappa shape index (κ2) is 9.56. The number of nitrogens with one attached hydrogen (secondary N) is 2. The number of ether oxygens (including phenoxy) is 1. The van der Waals surface area contributed by atoms with E-state index >= 15 is 0 Å². The number of pyridine rings is 1. The van der Waals surface area contributed by atoms with Crippen LogP contribution < -0.4 is 10.8 Å². The average Bonchev–Trinajstić information content (AvgIpc) is 3.45. The molecule has 3 heterocycles. The lowest BCUT2D eigenvalue weighted by atomic mass is 9.95. The van der Waals surface area contributed by atoms with Gasteiger partial charge in [0, 0.05) is 33.6 Å². The van der Waals surface area contributed by atoms with Crippen LogP contribution >= 0.6 is 27.3 Å². The van der Waals surface area contributed by atoms with Crippen LogP contribution in [0.15, 0.2) is 47.2 Å². The van der Waals surface area contributed by atoms with E-state index < -0.39 is 6.09 Å². The number of hydrogen-bond donors (Lipinski definition) is 2. The molecular weight excluding hydrogens is 536 g/mol. The molecule has 3 aromatic heterocycles. The van der Waals surface area contributed by atoms with Gasteiger partial charge in [-0.3, -0.25) is 19.9 Å². The lowest BCUT2D eigenvalue weighted by molar-refractivity contribution is 0.0537. The summed E-state index contributed by atoms with van der Waals surface area (Å²) < 4.78 is 7.24. The minimum absolute atomic E-state index is 0.360. The van der Waals surface area contributed by atoms with Gasteiger partial charge in [-0.2, -0.15) is 5.10 Å². The van der Waals surface area contributed by atoms with Gasteiger partial charge in [0.25, 0.3) is 5.91 Å². The summed E-state index contributed by atoms with van der Waals surface area (Å²) in [6.45, 7) is 0. The molecule has 35 heavy (non-hydrogen) atoms. The molecule has 0 bridgehead atoms. The molecule has 1 aliphatic rings. The first-order valence-electron chi connectivity index (χ1n) is 10.5. The molecule has 0 unspecified atom stereocenters. The Balaban J connectivity index is 1.68. The predicted octanol–water partition coefficient (Wildman–Crippen LogP) is 4.39. The number of rotatable bonds is 5. The zero-order chi connectivity index (χ0) is 24.5. The first kappa shape index (κ1) is 23.1. The Morgan fingerprint density at radius 1 is 1.20 bits per heavy atom. The van der Waals surface area contributed by atoms with E-state index in [1.165, 1.54) is 25.6 Å². The summed E-state index contributed by atoms with van der Waals surface area (Å²) >= 11 is 4.97. The Bertz CT molecular complexity index is 1440. The van der Waals surface area contributed by atoms with E-state index in [9.17, 15) is 9.59 Å². The number of carbonyl (C=O) groups excluding carboxylic acids is 2. The van der Waals surface area contributed by atoms with Crippen LogP contribution in [0, 0.1) is 0 Å². The van der Waals surface area contributed by atoms with Gasteiger partial charge < -0.3 is 4.74 Å². The van der Waals surface area contributed by atoms with Crippen LogP contribution in [0.1, 0.15) is 21.6 Å². The van der Waals surface area contributed by atoms with Crippen molar-refractivity contribution in [3.05, 3.63) is 64.0 Å². The number of nitrogens with zero attached hydrogens (tertiary/aromatic N) is 4. The van der Waals surface area contributed by atoms with Gasteiger partial charge in [-0.05, 0) is 59.1 Å². The number of methoxy groups -OCH3 is 1. The van der Waals surface area contributed by atoms with Gasteiger partial charge in [0.1, 0.15) is 0 Å². The first-order chi connectivity index (χ1) is 17.0. The molecule has 0 aliphatic heterocycles. The highest BCUT2D eigenvalue weighted by molar-refractivity contribution is 9.10. The van der Waals surface area contributed by atoms with Crippen molar-refractivity contribution in [2.45, 2.75) is 12.8 Å². The number of amides is 2. The number of halogens is 1. The maximum atomic E-state index is 12.2. The van der Waals surface area contributed by atoms with Crippen molar-refractivity contribution in [3.63, 3.8) is 0 Å². The number of aryl methyl sites for hydroxylation is 1. The molecule has 4 aromatic rings. The van der Waals surface area contributed by atoms with E-state index in [0.29, 0.717) is 21.6 Å². The van der Waals surface area contributed by atoms with Crippen molar-refractivity contribution in [1.82, 2.24) is 25.2 Å². The molecule has 5 rings (SSSR count). The lowest BCUT2D eigenvalue weighted by Gasteiger charge is -2.15. The number of hydrogen-bond acceptors (Lipinski definition) is 8. The van der Waals surface area contributed by atoms with Gasteiger partial charge in [0.05, 0.1) is 41.9 Å². The fourth-order valence-electron chi connectivity index (χ4n) is 3.94. The molecule has 0 spiro atoms. The summed E-state index contributed by atoms with van der Waals surface area (Å²) in [4.78, 5) is 38.5. The number of carbonyl (C=O) groups is 2. The number of fused-ring (bicyclic) bond motifs is 3. The molecule has 0 saturated carbocycles. The minimum Gasteiger partial charge on any atom is -0.453 e. The molecule has 2 amide bonds. The molecular formula is C23H19BrN6O4S. The average molecular weight is 555 g/mol. The maximum Gasteiger partial charge on any atom is 0.413 e. The molecule has 1 aliphatic carbocycles. The van der Waals surface area contributed by atoms with E-state index in [4.69, 9.17) is 14.7 Å². The summed E-state index contributed by atoms with van der Waals surface area (Å²) in [5, 5.41) is 8.09. The highest BCUT2D eigenvalue weighted by Crippen LogP contribution is 2.44. The molecule has 2 N–H and O–H groups in total. The van der Waals surface area contributed by atoms with E-state index in [-0.39, 0.29) is 5.91 Å². The zero-order valence-electron chi connectivity index (χ0n) is 18.7. The monoisotopic (exact) mass is 554 g/mol. The summed E-state index contributed by atoms with van der Waals surface area (Å²) in [5.41, 5.74) is 8.04. The Labute approximate surface area is 212 Å². The molecule has 0 saturated heterocycles. The second-order valence-corrected chi connectivity index (χ2v) is 9.40. The number of thiazole rings is 1. The van der Waals surface area contributed by atoms with Crippen molar-refractivity contribution in [2.24, 2.45) is 0 Å². The van der Waals surface area contributed by atoms with Gasteiger partial charge in [0.2, 0.25) is 0 Å². The van der Waals surface area contributed by atoms with Crippen molar-refractivity contribution in [3.8, 4) is 27.5 Å². The highest BCUT2D eigenvalue weighted by atomic mass is 79.9. The van der Waals surface area contributed by atoms with E-state index in [1.54, 1.807) is 24.5 Å². The van der Waals surface area contributed by atoms with Crippen LogP contribution in [0.2, 0.25) is 0 Å². The Morgan fingerprint density at radius 3 is 2.77 bits per heavy atom. The van der Waals surface area contributed by atoms with Crippen LogP contribution in [-0.2, 0) is 22.4 Å². The van der Waals surface area contributed by atoms with Crippen LogP contribution in [-0.4, -0.2) is 46.0 Å².